The molecule has 9 heteroatoms. The molecule has 1 aliphatic heterocycles. The highest BCUT2D eigenvalue weighted by molar-refractivity contribution is 7.90. The number of nitrogens with zero attached hydrogens (tertiary/aromatic N) is 2. The highest BCUT2D eigenvalue weighted by Gasteiger charge is 2.22. The molecule has 2 heterocycles. The lowest BCUT2D eigenvalue weighted by Gasteiger charge is -2.25. The Bertz CT molecular complexity index is 1190. The second kappa shape index (κ2) is 8.47. The molecule has 1 aromatic heterocycles. The van der Waals surface area contributed by atoms with Gasteiger partial charge >= 0.3 is 0 Å². The van der Waals surface area contributed by atoms with Crippen LogP contribution in [-0.2, 0) is 29.3 Å². The molecule has 1 N–H and O–H groups in total. The van der Waals surface area contributed by atoms with E-state index in [1.54, 1.807) is 0 Å². The molecule has 0 bridgehead atoms. The monoisotopic (exact) mass is 461 g/mol. The van der Waals surface area contributed by atoms with Crippen LogP contribution in [0.3, 0.4) is 0 Å². The Morgan fingerprint density at radius 3 is 2.73 bits per heavy atom. The van der Waals surface area contributed by atoms with Crippen LogP contribution in [0.25, 0.3) is 0 Å². The van der Waals surface area contributed by atoms with E-state index >= 15 is 0 Å². The van der Waals surface area contributed by atoms with Gasteiger partial charge in [0.1, 0.15) is 0 Å². The first kappa shape index (κ1) is 21.0. The van der Waals surface area contributed by atoms with E-state index in [0.29, 0.717) is 5.13 Å². The summed E-state index contributed by atoms with van der Waals surface area (Å²) in [6.07, 6.45) is 1.89. The van der Waals surface area contributed by atoms with Crippen LogP contribution in [0.1, 0.15) is 26.5 Å². The average Bonchev–Trinajstić information content (AvgIpc) is 3.09. The van der Waals surface area contributed by atoms with Crippen molar-refractivity contribution in [3.05, 3.63) is 75.3 Å². The number of amides is 1. The third-order valence-corrected chi connectivity index (χ3v) is 7.45. The van der Waals surface area contributed by atoms with Crippen molar-refractivity contribution in [3.8, 4) is 0 Å². The van der Waals surface area contributed by atoms with Crippen LogP contribution in [0.15, 0.2) is 53.4 Å². The molecule has 4 rings (SSSR count). The van der Waals surface area contributed by atoms with Crippen molar-refractivity contribution in [2.24, 2.45) is 0 Å². The molecule has 0 fully saturated rings. The molecule has 3 aromatic rings. The SMILES string of the molecule is CS(=O)(=O)c1cc(C(=O)Nc2nc3c(s2)CN(Cc2ccccc2)CC3)ccc1Cl. The molecule has 0 radical (unpaired) electrons. The first-order valence-corrected chi connectivity index (χ1v) is 12.4. The zero-order chi connectivity index (χ0) is 21.3. The van der Waals surface area contributed by atoms with Crippen molar-refractivity contribution in [2.45, 2.75) is 24.4 Å². The summed E-state index contributed by atoms with van der Waals surface area (Å²) in [4.78, 5) is 20.6. The summed E-state index contributed by atoms with van der Waals surface area (Å²) in [5.41, 5.74) is 2.50. The van der Waals surface area contributed by atoms with Crippen LogP contribution in [-0.4, -0.2) is 37.0 Å². The zero-order valence-corrected chi connectivity index (χ0v) is 18.6. The van der Waals surface area contributed by atoms with E-state index < -0.39 is 15.7 Å². The summed E-state index contributed by atoms with van der Waals surface area (Å²) in [6, 6.07) is 14.5. The van der Waals surface area contributed by atoms with E-state index in [1.807, 2.05) is 18.2 Å². The molecule has 30 heavy (non-hydrogen) atoms. The van der Waals surface area contributed by atoms with Crippen molar-refractivity contribution in [2.75, 3.05) is 18.1 Å². The number of thiazole rings is 1. The number of carbonyl (C=O) groups excluding carboxylic acids is 1. The van der Waals surface area contributed by atoms with E-state index in [0.717, 1.165) is 42.9 Å². The number of nitrogens with one attached hydrogen (secondary N) is 1. The minimum atomic E-state index is -3.53. The third-order valence-electron chi connectivity index (χ3n) is 4.87. The lowest BCUT2D eigenvalue weighted by molar-refractivity contribution is 0.102. The number of hydrogen-bond acceptors (Lipinski definition) is 6. The van der Waals surface area contributed by atoms with Gasteiger partial charge in [0.05, 0.1) is 15.6 Å². The summed E-state index contributed by atoms with van der Waals surface area (Å²) in [6.45, 7) is 2.57. The summed E-state index contributed by atoms with van der Waals surface area (Å²) >= 11 is 7.42. The van der Waals surface area contributed by atoms with Gasteiger partial charge in [0, 0.05) is 42.8 Å². The quantitative estimate of drug-likeness (QED) is 0.621. The van der Waals surface area contributed by atoms with Gasteiger partial charge < -0.3 is 0 Å². The standard InChI is InChI=1S/C21H20ClN3O3S2/c1-30(27,28)19-11-15(7-8-16(19)22)20(26)24-21-23-17-9-10-25(13-18(17)29-21)12-14-5-3-2-4-6-14/h2-8,11H,9-10,12-13H2,1H3,(H,23,24,26). The number of fused-ring (bicyclic) bond motifs is 1. The zero-order valence-electron chi connectivity index (χ0n) is 16.3. The number of benzene rings is 2. The fourth-order valence-corrected chi connectivity index (χ4v) is 5.72. The van der Waals surface area contributed by atoms with Crippen LogP contribution < -0.4 is 5.32 Å². The van der Waals surface area contributed by atoms with Crippen LogP contribution >= 0.6 is 22.9 Å². The molecule has 156 valence electrons. The first-order chi connectivity index (χ1) is 14.3. The number of carbonyl (C=O) groups is 1. The largest absolute Gasteiger partial charge is 0.298 e. The van der Waals surface area contributed by atoms with Crippen molar-refractivity contribution >= 4 is 43.8 Å². The Morgan fingerprint density at radius 1 is 1.23 bits per heavy atom. The van der Waals surface area contributed by atoms with Gasteiger partial charge in [-0.25, -0.2) is 13.4 Å². The smallest absolute Gasteiger partial charge is 0.257 e. The Labute approximate surface area is 184 Å². The van der Waals surface area contributed by atoms with Crippen LogP contribution in [0, 0.1) is 0 Å². The molecule has 2 aromatic carbocycles. The van der Waals surface area contributed by atoms with Gasteiger partial charge in [-0.15, -0.1) is 11.3 Å². The molecule has 0 aliphatic carbocycles. The number of rotatable bonds is 5. The molecule has 0 spiro atoms. The minimum Gasteiger partial charge on any atom is -0.298 e. The third kappa shape index (κ3) is 4.73. The summed E-state index contributed by atoms with van der Waals surface area (Å²) in [5, 5.41) is 3.40. The maximum absolute atomic E-state index is 12.6. The van der Waals surface area contributed by atoms with Crippen molar-refractivity contribution in [1.82, 2.24) is 9.88 Å². The number of sulfone groups is 1. The maximum Gasteiger partial charge on any atom is 0.257 e. The number of aromatic nitrogens is 1. The molecule has 1 amide bonds. The molecule has 0 unspecified atom stereocenters. The van der Waals surface area contributed by atoms with Gasteiger partial charge in [-0.05, 0) is 23.8 Å². The van der Waals surface area contributed by atoms with Crippen molar-refractivity contribution < 1.29 is 13.2 Å². The van der Waals surface area contributed by atoms with Crippen molar-refractivity contribution in [3.63, 3.8) is 0 Å². The second-order valence-electron chi connectivity index (χ2n) is 7.21. The minimum absolute atomic E-state index is 0.0631. The molecule has 1 aliphatic rings. The predicted molar refractivity (Wildman–Crippen MR) is 119 cm³/mol. The predicted octanol–water partition coefficient (Wildman–Crippen LogP) is 4.01. The number of halogens is 1. The normalized spacial score (nSPS) is 14.3. The molecular formula is C21H20ClN3O3S2. The van der Waals surface area contributed by atoms with Gasteiger partial charge in [0.2, 0.25) is 0 Å². The Kier molecular flexibility index (Phi) is 5.92. The summed E-state index contributed by atoms with van der Waals surface area (Å²) in [7, 11) is -3.53. The first-order valence-electron chi connectivity index (χ1n) is 9.35. The van der Waals surface area contributed by atoms with Gasteiger partial charge in [-0.1, -0.05) is 41.9 Å². The molecule has 6 nitrogen and oxygen atoms in total. The lowest BCUT2D eigenvalue weighted by atomic mass is 10.1. The Balaban J connectivity index is 1.47. The Hall–Kier alpha value is -2.26. The van der Waals surface area contributed by atoms with Gasteiger partial charge in [-0.2, -0.15) is 0 Å². The maximum atomic E-state index is 12.6. The van der Waals surface area contributed by atoms with Gasteiger partial charge in [-0.3, -0.25) is 15.0 Å². The van der Waals surface area contributed by atoms with E-state index in [9.17, 15) is 13.2 Å². The summed E-state index contributed by atoms with van der Waals surface area (Å²) < 4.78 is 23.7. The van der Waals surface area contributed by atoms with Crippen LogP contribution in [0.4, 0.5) is 5.13 Å². The molecular weight excluding hydrogens is 442 g/mol. The summed E-state index contributed by atoms with van der Waals surface area (Å²) in [5.74, 6) is -0.413. The highest BCUT2D eigenvalue weighted by Crippen LogP contribution is 2.30. The number of hydrogen-bond donors (Lipinski definition) is 1. The highest BCUT2D eigenvalue weighted by atomic mass is 35.5. The van der Waals surface area contributed by atoms with E-state index in [2.05, 4.69) is 27.3 Å². The van der Waals surface area contributed by atoms with Gasteiger partial charge in [0.25, 0.3) is 5.91 Å². The van der Waals surface area contributed by atoms with Crippen molar-refractivity contribution in [1.29, 1.82) is 0 Å². The van der Waals surface area contributed by atoms with Crippen LogP contribution in [0.5, 0.6) is 0 Å². The van der Waals surface area contributed by atoms with Gasteiger partial charge in [0.15, 0.2) is 15.0 Å². The van der Waals surface area contributed by atoms with E-state index in [4.69, 9.17) is 11.6 Å². The fourth-order valence-electron chi connectivity index (χ4n) is 3.38. The topological polar surface area (TPSA) is 79.4 Å². The van der Waals surface area contributed by atoms with E-state index in [1.165, 1.54) is 35.1 Å². The fraction of sp³-hybridized carbons (Fsp3) is 0.238. The molecule has 0 atom stereocenters. The lowest BCUT2D eigenvalue weighted by Crippen LogP contribution is -2.29. The average molecular weight is 462 g/mol. The van der Waals surface area contributed by atoms with E-state index in [-0.39, 0.29) is 15.5 Å². The second-order valence-corrected chi connectivity index (χ2v) is 10.7. The number of anilines is 1. The van der Waals surface area contributed by atoms with Crippen LogP contribution in [0.2, 0.25) is 5.02 Å². The molecule has 0 saturated carbocycles. The molecule has 0 saturated heterocycles. The Morgan fingerprint density at radius 2 is 2.00 bits per heavy atom.